The number of aromatic hydroxyl groups is 1. The number of anilines is 1. The third-order valence-electron chi connectivity index (χ3n) is 3.67. The molecule has 0 spiro atoms. The van der Waals surface area contributed by atoms with E-state index in [-0.39, 0.29) is 17.1 Å². The molecule has 0 unspecified atom stereocenters. The SMILES string of the molecule is C[S@@](=O)Cc1cccc(C(=O)Nc2cc(C(C)(C)C)ccc2O)c1. The zero-order chi connectivity index (χ0) is 17.9. The maximum atomic E-state index is 12.5. The minimum Gasteiger partial charge on any atom is -0.506 e. The van der Waals surface area contributed by atoms with Crippen LogP contribution in [0.3, 0.4) is 0 Å². The first kappa shape index (κ1) is 18.2. The lowest BCUT2D eigenvalue weighted by Gasteiger charge is -2.20. The maximum absolute atomic E-state index is 12.5. The van der Waals surface area contributed by atoms with Crippen LogP contribution in [0, 0.1) is 0 Å². The molecule has 0 saturated carbocycles. The Morgan fingerprint density at radius 3 is 2.50 bits per heavy atom. The van der Waals surface area contributed by atoms with Gasteiger partial charge in [0.2, 0.25) is 0 Å². The van der Waals surface area contributed by atoms with Crippen LogP contribution in [0.25, 0.3) is 0 Å². The van der Waals surface area contributed by atoms with Crippen LogP contribution in [-0.2, 0) is 22.0 Å². The molecule has 0 aromatic heterocycles. The van der Waals surface area contributed by atoms with Crippen molar-refractivity contribution in [2.24, 2.45) is 0 Å². The molecule has 0 heterocycles. The Labute approximate surface area is 145 Å². The topological polar surface area (TPSA) is 66.4 Å². The number of nitrogens with one attached hydrogen (secondary N) is 1. The molecule has 0 aliphatic carbocycles. The van der Waals surface area contributed by atoms with Gasteiger partial charge in [-0.25, -0.2) is 0 Å². The van der Waals surface area contributed by atoms with Crippen LogP contribution >= 0.6 is 0 Å². The molecule has 1 amide bonds. The van der Waals surface area contributed by atoms with Gasteiger partial charge in [0.05, 0.1) is 5.69 Å². The summed E-state index contributed by atoms with van der Waals surface area (Å²) in [7, 11) is -0.964. The van der Waals surface area contributed by atoms with E-state index in [1.165, 1.54) is 0 Å². The molecule has 128 valence electrons. The Morgan fingerprint density at radius 2 is 1.88 bits per heavy atom. The number of phenols is 1. The van der Waals surface area contributed by atoms with E-state index in [4.69, 9.17) is 0 Å². The summed E-state index contributed by atoms with van der Waals surface area (Å²) in [6.45, 7) is 6.21. The van der Waals surface area contributed by atoms with Gasteiger partial charge in [-0.05, 0) is 40.8 Å². The molecule has 24 heavy (non-hydrogen) atoms. The molecule has 4 nitrogen and oxygen atoms in total. The minimum atomic E-state index is -0.964. The summed E-state index contributed by atoms with van der Waals surface area (Å²) in [6.07, 6.45) is 1.63. The molecule has 0 saturated heterocycles. The van der Waals surface area contributed by atoms with Crippen molar-refractivity contribution in [3.63, 3.8) is 0 Å². The van der Waals surface area contributed by atoms with Crippen LogP contribution in [0.5, 0.6) is 5.75 Å². The second-order valence-electron chi connectivity index (χ2n) is 6.85. The van der Waals surface area contributed by atoms with Crippen molar-refractivity contribution in [3.8, 4) is 5.75 Å². The predicted molar refractivity (Wildman–Crippen MR) is 99.0 cm³/mol. The van der Waals surface area contributed by atoms with Crippen LogP contribution in [0.15, 0.2) is 42.5 Å². The van der Waals surface area contributed by atoms with Crippen molar-refractivity contribution in [1.82, 2.24) is 0 Å². The quantitative estimate of drug-likeness (QED) is 0.828. The van der Waals surface area contributed by atoms with Gasteiger partial charge in [-0.15, -0.1) is 0 Å². The van der Waals surface area contributed by atoms with E-state index in [9.17, 15) is 14.1 Å². The third-order valence-corrected chi connectivity index (χ3v) is 4.41. The highest BCUT2D eigenvalue weighted by Gasteiger charge is 2.17. The first-order valence-electron chi connectivity index (χ1n) is 7.70. The number of phenolic OH excluding ortho intramolecular Hbond substituents is 1. The molecular formula is C19H23NO3S. The van der Waals surface area contributed by atoms with E-state index < -0.39 is 10.8 Å². The Kier molecular flexibility index (Phi) is 5.44. The number of carbonyl (C=O) groups excluding carboxylic acids is 1. The molecule has 2 N–H and O–H groups in total. The average molecular weight is 345 g/mol. The number of benzene rings is 2. The molecule has 0 bridgehead atoms. The Balaban J connectivity index is 2.25. The van der Waals surface area contributed by atoms with Gasteiger partial charge in [0.15, 0.2) is 0 Å². The van der Waals surface area contributed by atoms with Crippen molar-refractivity contribution in [2.75, 3.05) is 11.6 Å². The monoisotopic (exact) mass is 345 g/mol. The van der Waals surface area contributed by atoms with Gasteiger partial charge in [0.1, 0.15) is 5.75 Å². The third kappa shape index (κ3) is 4.68. The van der Waals surface area contributed by atoms with Crippen molar-refractivity contribution in [3.05, 3.63) is 59.2 Å². The van der Waals surface area contributed by atoms with Crippen LogP contribution in [0.4, 0.5) is 5.69 Å². The largest absolute Gasteiger partial charge is 0.506 e. The highest BCUT2D eigenvalue weighted by atomic mass is 32.2. The summed E-state index contributed by atoms with van der Waals surface area (Å²) in [5.41, 5.74) is 2.63. The standard InChI is InChI=1S/C19H23NO3S/c1-19(2,3)15-8-9-17(21)16(11-15)20-18(22)14-7-5-6-13(10-14)12-24(4)23/h5-11,21H,12H2,1-4H3,(H,20,22)/t24-/m1/s1. The molecule has 2 rings (SSSR count). The van der Waals surface area contributed by atoms with Crippen LogP contribution in [0.1, 0.15) is 42.3 Å². The van der Waals surface area contributed by atoms with Gasteiger partial charge in [0, 0.05) is 28.4 Å². The smallest absolute Gasteiger partial charge is 0.255 e. The van der Waals surface area contributed by atoms with E-state index >= 15 is 0 Å². The van der Waals surface area contributed by atoms with Crippen LogP contribution in [-0.4, -0.2) is 21.5 Å². The fourth-order valence-corrected chi connectivity index (χ4v) is 2.98. The molecule has 5 heteroatoms. The van der Waals surface area contributed by atoms with Gasteiger partial charge in [-0.1, -0.05) is 39.0 Å². The second kappa shape index (κ2) is 7.18. The Bertz CT molecular complexity index is 778. The molecule has 1 atom stereocenters. The first-order chi connectivity index (χ1) is 11.2. The summed E-state index contributed by atoms with van der Waals surface area (Å²) in [5.74, 6) is 0.133. The van der Waals surface area contributed by atoms with E-state index in [0.717, 1.165) is 11.1 Å². The van der Waals surface area contributed by atoms with Gasteiger partial charge < -0.3 is 10.4 Å². The van der Waals surface area contributed by atoms with E-state index in [1.54, 1.807) is 36.6 Å². The fraction of sp³-hybridized carbons (Fsp3) is 0.316. The molecule has 0 aliphatic heterocycles. The predicted octanol–water partition coefficient (Wildman–Crippen LogP) is 3.82. The summed E-state index contributed by atoms with van der Waals surface area (Å²) in [5, 5.41) is 12.8. The average Bonchev–Trinajstić information content (AvgIpc) is 2.48. The zero-order valence-electron chi connectivity index (χ0n) is 14.4. The summed E-state index contributed by atoms with van der Waals surface area (Å²) in [6, 6.07) is 12.3. The lowest BCUT2D eigenvalue weighted by Crippen LogP contribution is -2.15. The lowest BCUT2D eigenvalue weighted by atomic mass is 9.87. The fourth-order valence-electron chi connectivity index (χ4n) is 2.33. The first-order valence-corrected chi connectivity index (χ1v) is 9.43. The summed E-state index contributed by atoms with van der Waals surface area (Å²) >= 11 is 0. The number of rotatable bonds is 4. The number of hydrogen-bond donors (Lipinski definition) is 2. The van der Waals surface area contributed by atoms with Gasteiger partial charge >= 0.3 is 0 Å². The number of amides is 1. The Hall–Kier alpha value is -2.14. The highest BCUT2D eigenvalue weighted by molar-refractivity contribution is 7.83. The summed E-state index contributed by atoms with van der Waals surface area (Å²) < 4.78 is 11.3. The van der Waals surface area contributed by atoms with Crippen molar-refractivity contribution >= 4 is 22.4 Å². The van der Waals surface area contributed by atoms with Gasteiger partial charge in [-0.3, -0.25) is 9.00 Å². The molecule has 0 fully saturated rings. The maximum Gasteiger partial charge on any atom is 0.255 e. The highest BCUT2D eigenvalue weighted by Crippen LogP contribution is 2.31. The minimum absolute atomic E-state index is 0.0298. The van der Waals surface area contributed by atoms with Gasteiger partial charge in [-0.2, -0.15) is 0 Å². The van der Waals surface area contributed by atoms with Crippen LogP contribution in [0.2, 0.25) is 0 Å². The molecule has 2 aromatic carbocycles. The molecule has 0 aliphatic rings. The van der Waals surface area contributed by atoms with Crippen LogP contribution < -0.4 is 5.32 Å². The number of carbonyl (C=O) groups is 1. The molecule has 0 radical (unpaired) electrons. The van der Waals surface area contributed by atoms with E-state index in [1.807, 2.05) is 12.1 Å². The lowest BCUT2D eigenvalue weighted by molar-refractivity contribution is 0.102. The number of hydrogen-bond acceptors (Lipinski definition) is 3. The molecular weight excluding hydrogens is 322 g/mol. The molecule has 2 aromatic rings. The van der Waals surface area contributed by atoms with Crippen molar-refractivity contribution in [2.45, 2.75) is 31.9 Å². The second-order valence-corrected chi connectivity index (χ2v) is 8.29. The van der Waals surface area contributed by atoms with Gasteiger partial charge in [0.25, 0.3) is 5.91 Å². The Morgan fingerprint density at radius 1 is 1.17 bits per heavy atom. The summed E-state index contributed by atoms with van der Waals surface area (Å²) in [4.78, 5) is 12.5. The van der Waals surface area contributed by atoms with Crippen molar-refractivity contribution in [1.29, 1.82) is 0 Å². The van der Waals surface area contributed by atoms with E-state index in [0.29, 0.717) is 17.0 Å². The zero-order valence-corrected chi connectivity index (χ0v) is 15.2. The van der Waals surface area contributed by atoms with E-state index in [2.05, 4.69) is 26.1 Å². The van der Waals surface area contributed by atoms with Crippen molar-refractivity contribution < 1.29 is 14.1 Å². The normalized spacial score (nSPS) is 12.7.